The van der Waals surface area contributed by atoms with Gasteiger partial charge in [-0.15, -0.1) is 0 Å². The highest BCUT2D eigenvalue weighted by Crippen LogP contribution is 2.30. The highest BCUT2D eigenvalue weighted by molar-refractivity contribution is 5.42. The van der Waals surface area contributed by atoms with Crippen molar-refractivity contribution >= 4 is 0 Å². The summed E-state index contributed by atoms with van der Waals surface area (Å²) in [5.41, 5.74) is 3.85. The molecule has 0 amide bonds. The first-order valence-corrected chi connectivity index (χ1v) is 3.41. The lowest BCUT2D eigenvalue weighted by Gasteiger charge is -1.91. The summed E-state index contributed by atoms with van der Waals surface area (Å²) in [4.78, 5) is 0. The van der Waals surface area contributed by atoms with Crippen LogP contribution in [0.1, 0.15) is 12.8 Å². The maximum absolute atomic E-state index is 3.91. The molecule has 0 heteroatoms. The van der Waals surface area contributed by atoms with Gasteiger partial charge in [-0.1, -0.05) is 37.5 Å². The van der Waals surface area contributed by atoms with Crippen molar-refractivity contribution in [2.45, 2.75) is 12.8 Å². The van der Waals surface area contributed by atoms with Crippen LogP contribution in [0.25, 0.3) is 0 Å². The molecule has 0 aromatic rings. The van der Waals surface area contributed by atoms with E-state index in [-0.39, 0.29) is 0 Å². The van der Waals surface area contributed by atoms with Crippen molar-refractivity contribution < 1.29 is 0 Å². The molecule has 0 radical (unpaired) electrons. The van der Waals surface area contributed by atoms with Crippen molar-refractivity contribution in [3.63, 3.8) is 0 Å². The van der Waals surface area contributed by atoms with E-state index in [2.05, 4.69) is 19.7 Å². The largest absolute Gasteiger partial charge is 0.0992 e. The van der Waals surface area contributed by atoms with E-state index in [1.807, 2.05) is 12.2 Å². The van der Waals surface area contributed by atoms with Gasteiger partial charge in [0.25, 0.3) is 0 Å². The summed E-state index contributed by atoms with van der Waals surface area (Å²) in [6.45, 7) is 11.4. The molecule has 0 spiro atoms. The Balaban J connectivity index is 2.90. The Hall–Kier alpha value is -1.04. The summed E-state index contributed by atoms with van der Waals surface area (Å²) < 4.78 is 0. The molecule has 0 atom stereocenters. The highest BCUT2D eigenvalue weighted by Gasteiger charge is 2.11. The molecule has 1 aliphatic rings. The quantitative estimate of drug-likeness (QED) is 0.507. The van der Waals surface area contributed by atoms with Gasteiger partial charge in [0.2, 0.25) is 0 Å². The van der Waals surface area contributed by atoms with Crippen LogP contribution in [0, 0.1) is 0 Å². The molecule has 0 nitrogen and oxygen atoms in total. The number of allylic oxidation sites excluding steroid dienone is 5. The van der Waals surface area contributed by atoms with E-state index < -0.39 is 0 Å². The van der Waals surface area contributed by atoms with Gasteiger partial charge in [-0.05, 0) is 24.0 Å². The molecular formula is C10H12. The van der Waals surface area contributed by atoms with Crippen LogP contribution >= 0.6 is 0 Å². The second-order valence-electron chi connectivity index (χ2n) is 2.56. The molecule has 0 aliphatic heterocycles. The summed E-state index contributed by atoms with van der Waals surface area (Å²) in [5, 5.41) is 0. The van der Waals surface area contributed by atoms with E-state index in [0.29, 0.717) is 0 Å². The fourth-order valence-corrected chi connectivity index (χ4v) is 1.23. The van der Waals surface area contributed by atoms with Crippen LogP contribution in [0.15, 0.2) is 48.6 Å². The molecule has 0 unspecified atom stereocenters. The number of hydrogen-bond acceptors (Lipinski definition) is 0. The van der Waals surface area contributed by atoms with Gasteiger partial charge in [0.15, 0.2) is 0 Å². The Morgan fingerprint density at radius 3 is 1.70 bits per heavy atom. The topological polar surface area (TPSA) is 0 Å². The first-order chi connectivity index (χ1) is 4.77. The monoisotopic (exact) mass is 132 g/mol. The van der Waals surface area contributed by atoms with Crippen LogP contribution in [-0.2, 0) is 0 Å². The second kappa shape index (κ2) is 2.70. The van der Waals surface area contributed by atoms with Crippen molar-refractivity contribution in [2.75, 3.05) is 0 Å². The Morgan fingerprint density at radius 1 is 1.00 bits per heavy atom. The van der Waals surface area contributed by atoms with Gasteiger partial charge >= 0.3 is 0 Å². The van der Waals surface area contributed by atoms with Crippen LogP contribution in [-0.4, -0.2) is 0 Å². The predicted octanol–water partition coefficient (Wildman–Crippen LogP) is 3.01. The molecule has 0 bridgehead atoms. The lowest BCUT2D eigenvalue weighted by molar-refractivity contribution is 1.17. The molecule has 0 aromatic carbocycles. The van der Waals surface area contributed by atoms with Gasteiger partial charge in [-0.25, -0.2) is 0 Å². The molecule has 0 fully saturated rings. The molecule has 0 N–H and O–H groups in total. The first kappa shape index (κ1) is 7.07. The third-order valence-corrected chi connectivity index (χ3v) is 1.79. The standard InChI is InChI=1S/C10H12/c1-4-9-6-8(3)7-10(9)5-2/h4-5H,1-3,6-7H2. The molecule has 52 valence electrons. The van der Waals surface area contributed by atoms with Crippen molar-refractivity contribution in [3.8, 4) is 0 Å². The Labute approximate surface area is 62.3 Å². The minimum atomic E-state index is 0.991. The summed E-state index contributed by atoms with van der Waals surface area (Å²) in [6, 6.07) is 0. The van der Waals surface area contributed by atoms with Crippen LogP contribution < -0.4 is 0 Å². The number of rotatable bonds is 2. The van der Waals surface area contributed by atoms with E-state index in [1.54, 1.807) is 0 Å². The van der Waals surface area contributed by atoms with E-state index >= 15 is 0 Å². The van der Waals surface area contributed by atoms with Crippen LogP contribution in [0.5, 0.6) is 0 Å². The fourth-order valence-electron chi connectivity index (χ4n) is 1.23. The molecule has 1 aliphatic carbocycles. The maximum atomic E-state index is 3.91. The van der Waals surface area contributed by atoms with Crippen molar-refractivity contribution in [1.82, 2.24) is 0 Å². The molecule has 0 saturated carbocycles. The Kier molecular flexibility index (Phi) is 1.91. The minimum absolute atomic E-state index is 0.991. The van der Waals surface area contributed by atoms with Crippen LogP contribution in [0.2, 0.25) is 0 Å². The molecule has 1 rings (SSSR count). The summed E-state index contributed by atoms with van der Waals surface area (Å²) in [7, 11) is 0. The average molecular weight is 132 g/mol. The van der Waals surface area contributed by atoms with Crippen LogP contribution in [0.3, 0.4) is 0 Å². The highest BCUT2D eigenvalue weighted by atomic mass is 14.2. The van der Waals surface area contributed by atoms with Crippen LogP contribution in [0.4, 0.5) is 0 Å². The fraction of sp³-hybridized carbons (Fsp3) is 0.200. The van der Waals surface area contributed by atoms with Crippen molar-refractivity contribution in [1.29, 1.82) is 0 Å². The van der Waals surface area contributed by atoms with Gasteiger partial charge in [-0.2, -0.15) is 0 Å². The van der Waals surface area contributed by atoms with Gasteiger partial charge < -0.3 is 0 Å². The summed E-state index contributed by atoms with van der Waals surface area (Å²) in [6.07, 6.45) is 5.78. The maximum Gasteiger partial charge on any atom is -0.00638 e. The van der Waals surface area contributed by atoms with Crippen molar-refractivity contribution in [2.24, 2.45) is 0 Å². The number of hydrogen-bond donors (Lipinski definition) is 0. The first-order valence-electron chi connectivity index (χ1n) is 3.41. The SMILES string of the molecule is C=CC1=C(C=C)CC(=C)C1. The zero-order chi connectivity index (χ0) is 7.56. The van der Waals surface area contributed by atoms with E-state index in [0.717, 1.165) is 12.8 Å². The summed E-state index contributed by atoms with van der Waals surface area (Å²) in [5.74, 6) is 0. The summed E-state index contributed by atoms with van der Waals surface area (Å²) >= 11 is 0. The second-order valence-corrected chi connectivity index (χ2v) is 2.56. The van der Waals surface area contributed by atoms with Gasteiger partial charge in [0, 0.05) is 0 Å². The van der Waals surface area contributed by atoms with E-state index in [4.69, 9.17) is 0 Å². The molecular weight excluding hydrogens is 120 g/mol. The smallest absolute Gasteiger partial charge is 0.00638 e. The molecule has 0 heterocycles. The minimum Gasteiger partial charge on any atom is -0.0992 e. The normalized spacial score (nSPS) is 17.8. The van der Waals surface area contributed by atoms with Gasteiger partial charge in [-0.3, -0.25) is 0 Å². The molecule has 0 aromatic heterocycles. The average Bonchev–Trinajstić information content (AvgIpc) is 2.30. The third-order valence-electron chi connectivity index (χ3n) is 1.79. The van der Waals surface area contributed by atoms with Gasteiger partial charge in [0.1, 0.15) is 0 Å². The molecule has 10 heavy (non-hydrogen) atoms. The lowest BCUT2D eigenvalue weighted by Crippen LogP contribution is -1.71. The van der Waals surface area contributed by atoms with Gasteiger partial charge in [0.05, 0.1) is 0 Å². The zero-order valence-electron chi connectivity index (χ0n) is 6.19. The van der Waals surface area contributed by atoms with E-state index in [9.17, 15) is 0 Å². The zero-order valence-corrected chi connectivity index (χ0v) is 6.19. The Bertz CT molecular complexity index is 194. The van der Waals surface area contributed by atoms with E-state index in [1.165, 1.54) is 16.7 Å². The molecule has 0 saturated heterocycles. The van der Waals surface area contributed by atoms with Crippen molar-refractivity contribution in [3.05, 3.63) is 48.6 Å². The Morgan fingerprint density at radius 2 is 1.40 bits per heavy atom. The predicted molar refractivity (Wildman–Crippen MR) is 45.8 cm³/mol. The third kappa shape index (κ3) is 1.10. The lowest BCUT2D eigenvalue weighted by atomic mass is 10.1.